The molecule has 2 saturated heterocycles. The maximum atomic E-state index is 12.1. The number of amidine groups is 1. The van der Waals surface area contributed by atoms with Crippen LogP contribution in [0, 0.1) is 11.3 Å². The number of carbonyl (C=O) groups is 2. The quantitative estimate of drug-likeness (QED) is 0.396. The largest absolute Gasteiger partial charge is 0.477 e. The van der Waals surface area contributed by atoms with Crippen LogP contribution in [-0.2, 0) is 9.59 Å². The molecule has 0 spiro atoms. The average Bonchev–Trinajstić information content (AvgIpc) is 3.02. The molecule has 2 fully saturated rings. The molecule has 7 nitrogen and oxygen atoms in total. The lowest BCUT2D eigenvalue weighted by Gasteiger charge is -2.44. The summed E-state index contributed by atoms with van der Waals surface area (Å²) in [6.07, 6.45) is 0.648. The predicted molar refractivity (Wildman–Crippen MR) is 86.1 cm³/mol. The molecule has 0 bridgehead atoms. The average molecular weight is 339 g/mol. The fourth-order valence-electron chi connectivity index (χ4n) is 3.67. The maximum absolute atomic E-state index is 12.1. The van der Waals surface area contributed by atoms with Gasteiger partial charge in [-0.05, 0) is 20.3 Å². The Bertz CT molecular complexity index is 604. The van der Waals surface area contributed by atoms with Crippen molar-refractivity contribution in [2.45, 2.75) is 44.1 Å². The van der Waals surface area contributed by atoms with E-state index >= 15 is 0 Å². The molecule has 23 heavy (non-hydrogen) atoms. The second kappa shape index (κ2) is 5.83. The van der Waals surface area contributed by atoms with Gasteiger partial charge in [-0.1, -0.05) is 0 Å². The summed E-state index contributed by atoms with van der Waals surface area (Å²) in [4.78, 5) is 27.8. The molecule has 4 unspecified atom stereocenters. The van der Waals surface area contributed by atoms with Crippen molar-refractivity contribution in [1.82, 2.24) is 9.80 Å². The number of nitrogens with zero attached hydrogens (tertiary/aromatic N) is 2. The molecule has 1 amide bonds. The van der Waals surface area contributed by atoms with Crippen molar-refractivity contribution >= 4 is 29.5 Å². The highest BCUT2D eigenvalue weighted by atomic mass is 32.2. The third-order valence-corrected chi connectivity index (χ3v) is 6.18. The SMILES string of the molecule is CC(=N)N1CCC(SC2=C(C(=O)O)N3C(=O)C(C(C)O)C3C2)C1. The number of likely N-dealkylation sites (tertiary alicyclic amines) is 1. The summed E-state index contributed by atoms with van der Waals surface area (Å²) in [6.45, 7) is 4.87. The summed E-state index contributed by atoms with van der Waals surface area (Å²) in [5.41, 5.74) is 0.0897. The molecular formula is C15H21N3O4S. The third kappa shape index (κ3) is 2.63. The van der Waals surface area contributed by atoms with Crippen LogP contribution in [0.3, 0.4) is 0 Å². The standard InChI is InChI=1S/C15H21N3O4S/c1-7(19)12-10-5-11(13(15(21)22)18(10)14(12)20)23-9-3-4-17(6-9)8(2)16/h7,9-10,12,16,19H,3-6H2,1-2H3,(H,21,22). The monoisotopic (exact) mass is 339 g/mol. The van der Waals surface area contributed by atoms with Gasteiger partial charge < -0.3 is 20.0 Å². The predicted octanol–water partition coefficient (Wildman–Crippen LogP) is 0.699. The molecular weight excluding hydrogens is 318 g/mol. The summed E-state index contributed by atoms with van der Waals surface area (Å²) >= 11 is 1.52. The maximum Gasteiger partial charge on any atom is 0.353 e. The van der Waals surface area contributed by atoms with Gasteiger partial charge >= 0.3 is 5.97 Å². The lowest BCUT2D eigenvalue weighted by atomic mass is 9.83. The molecule has 3 aliphatic rings. The van der Waals surface area contributed by atoms with Crippen LogP contribution >= 0.6 is 11.8 Å². The molecule has 0 aromatic rings. The van der Waals surface area contributed by atoms with E-state index in [0.29, 0.717) is 12.3 Å². The van der Waals surface area contributed by atoms with Crippen molar-refractivity contribution in [2.24, 2.45) is 5.92 Å². The van der Waals surface area contributed by atoms with Gasteiger partial charge in [0.05, 0.1) is 23.9 Å². The van der Waals surface area contributed by atoms with Gasteiger partial charge in [0.25, 0.3) is 0 Å². The van der Waals surface area contributed by atoms with E-state index < -0.39 is 18.0 Å². The molecule has 0 aromatic carbocycles. The molecule has 126 valence electrons. The highest BCUT2D eigenvalue weighted by Crippen LogP contribution is 2.48. The van der Waals surface area contributed by atoms with Gasteiger partial charge in [-0.15, -0.1) is 11.8 Å². The molecule has 0 aliphatic carbocycles. The van der Waals surface area contributed by atoms with E-state index in [1.54, 1.807) is 13.8 Å². The molecule has 3 rings (SSSR count). The van der Waals surface area contributed by atoms with Crippen molar-refractivity contribution in [3.63, 3.8) is 0 Å². The first kappa shape index (κ1) is 16.3. The van der Waals surface area contributed by atoms with E-state index in [4.69, 9.17) is 5.41 Å². The Morgan fingerprint density at radius 3 is 2.70 bits per heavy atom. The van der Waals surface area contributed by atoms with Crippen LogP contribution in [0.15, 0.2) is 10.6 Å². The van der Waals surface area contributed by atoms with Gasteiger partial charge in [0.15, 0.2) is 0 Å². The smallest absolute Gasteiger partial charge is 0.353 e. The molecule has 0 saturated carbocycles. The van der Waals surface area contributed by atoms with E-state index in [2.05, 4.69) is 0 Å². The molecule has 8 heteroatoms. The first-order valence-electron chi connectivity index (χ1n) is 7.75. The van der Waals surface area contributed by atoms with Crippen LogP contribution < -0.4 is 0 Å². The number of hydrogen-bond acceptors (Lipinski definition) is 5. The van der Waals surface area contributed by atoms with Gasteiger partial charge in [0.2, 0.25) is 5.91 Å². The zero-order chi connectivity index (χ0) is 16.9. The number of β-lactam (4-membered cyclic amide) rings is 1. The van der Waals surface area contributed by atoms with Crippen LogP contribution in [-0.4, -0.2) is 68.2 Å². The fraction of sp³-hybridized carbons (Fsp3) is 0.667. The highest BCUT2D eigenvalue weighted by Gasteiger charge is 2.57. The van der Waals surface area contributed by atoms with Gasteiger partial charge in [-0.25, -0.2) is 4.79 Å². The number of nitrogens with one attached hydrogen (secondary N) is 1. The number of carboxylic acid groups (broad SMARTS) is 1. The number of aliphatic hydroxyl groups excluding tert-OH is 1. The number of rotatable bonds is 4. The molecule has 3 N–H and O–H groups in total. The van der Waals surface area contributed by atoms with Crippen molar-refractivity contribution in [3.8, 4) is 0 Å². The zero-order valence-electron chi connectivity index (χ0n) is 13.2. The third-order valence-electron chi connectivity index (χ3n) is 4.82. The van der Waals surface area contributed by atoms with Crippen LogP contribution in [0.1, 0.15) is 26.7 Å². The van der Waals surface area contributed by atoms with Gasteiger partial charge in [-0.3, -0.25) is 10.2 Å². The highest BCUT2D eigenvalue weighted by molar-refractivity contribution is 8.03. The number of fused-ring (bicyclic) bond motifs is 1. The topological polar surface area (TPSA) is 105 Å². The van der Waals surface area contributed by atoms with Crippen LogP contribution in [0.25, 0.3) is 0 Å². The Labute approximate surface area is 138 Å². The van der Waals surface area contributed by atoms with Crippen LogP contribution in [0.4, 0.5) is 0 Å². The number of carboxylic acids is 1. The fourth-order valence-corrected chi connectivity index (χ4v) is 5.11. The van der Waals surface area contributed by atoms with E-state index in [1.807, 2.05) is 4.90 Å². The number of hydrogen-bond donors (Lipinski definition) is 3. The Morgan fingerprint density at radius 2 is 2.17 bits per heavy atom. The van der Waals surface area contributed by atoms with Crippen molar-refractivity contribution in [3.05, 3.63) is 10.6 Å². The van der Waals surface area contributed by atoms with Gasteiger partial charge in [0, 0.05) is 29.7 Å². The summed E-state index contributed by atoms with van der Waals surface area (Å²) < 4.78 is 0. The lowest BCUT2D eigenvalue weighted by molar-refractivity contribution is -0.161. The Hall–Kier alpha value is -1.54. The summed E-state index contributed by atoms with van der Waals surface area (Å²) in [7, 11) is 0. The molecule has 4 atom stereocenters. The molecule has 3 aliphatic heterocycles. The lowest BCUT2D eigenvalue weighted by Crippen LogP contribution is -2.61. The Kier molecular flexibility index (Phi) is 4.14. The second-order valence-electron chi connectivity index (χ2n) is 6.38. The number of carbonyl (C=O) groups excluding carboxylic acids is 1. The van der Waals surface area contributed by atoms with Crippen molar-refractivity contribution < 1.29 is 19.8 Å². The first-order valence-corrected chi connectivity index (χ1v) is 8.63. The molecule has 3 heterocycles. The zero-order valence-corrected chi connectivity index (χ0v) is 14.0. The van der Waals surface area contributed by atoms with Gasteiger partial charge in [0.1, 0.15) is 5.70 Å². The van der Waals surface area contributed by atoms with E-state index in [-0.39, 0.29) is 22.9 Å². The normalized spacial score (nSPS) is 31.3. The minimum absolute atomic E-state index is 0.0897. The Morgan fingerprint density at radius 1 is 1.48 bits per heavy atom. The van der Waals surface area contributed by atoms with Crippen LogP contribution in [0.5, 0.6) is 0 Å². The van der Waals surface area contributed by atoms with E-state index in [9.17, 15) is 19.8 Å². The number of amides is 1. The Balaban J connectivity index is 1.75. The minimum atomic E-state index is -1.08. The van der Waals surface area contributed by atoms with E-state index in [1.165, 1.54) is 16.7 Å². The second-order valence-corrected chi connectivity index (χ2v) is 7.78. The summed E-state index contributed by atoms with van der Waals surface area (Å²) in [5.74, 6) is -1.33. The number of aliphatic hydroxyl groups is 1. The first-order chi connectivity index (χ1) is 10.8. The van der Waals surface area contributed by atoms with Gasteiger partial charge in [-0.2, -0.15) is 0 Å². The summed E-state index contributed by atoms with van der Waals surface area (Å²) in [6, 6.07) is -0.224. The summed E-state index contributed by atoms with van der Waals surface area (Å²) in [5, 5.41) is 27.1. The van der Waals surface area contributed by atoms with Crippen LogP contribution in [0.2, 0.25) is 0 Å². The minimum Gasteiger partial charge on any atom is -0.477 e. The van der Waals surface area contributed by atoms with Crippen molar-refractivity contribution in [2.75, 3.05) is 13.1 Å². The van der Waals surface area contributed by atoms with E-state index in [0.717, 1.165) is 24.4 Å². The number of thioether (sulfide) groups is 1. The van der Waals surface area contributed by atoms with Crippen molar-refractivity contribution in [1.29, 1.82) is 5.41 Å². The number of aliphatic carboxylic acids is 1. The molecule has 0 aromatic heterocycles. The molecule has 0 radical (unpaired) electrons.